The molecule has 3 heterocycles. The highest BCUT2D eigenvalue weighted by Crippen LogP contribution is 2.30. The van der Waals surface area contributed by atoms with Crippen molar-refractivity contribution < 1.29 is 18.4 Å². The lowest BCUT2D eigenvalue weighted by atomic mass is 9.99. The molecule has 1 aromatic carbocycles. The van der Waals surface area contributed by atoms with Gasteiger partial charge in [-0.3, -0.25) is 9.69 Å². The summed E-state index contributed by atoms with van der Waals surface area (Å²) in [5.41, 5.74) is -0.353. The molecule has 0 bridgehead atoms. The lowest BCUT2D eigenvalue weighted by Gasteiger charge is -2.18. The number of benzene rings is 1. The zero-order chi connectivity index (χ0) is 17.4. The van der Waals surface area contributed by atoms with Gasteiger partial charge in [-0.15, -0.1) is 0 Å². The fourth-order valence-corrected chi connectivity index (χ4v) is 2.83. The van der Waals surface area contributed by atoms with E-state index in [1.807, 2.05) is 30.3 Å². The molecule has 7 heteroatoms. The molecule has 25 heavy (non-hydrogen) atoms. The van der Waals surface area contributed by atoms with E-state index < -0.39 is 17.5 Å². The molecule has 1 fully saturated rings. The third kappa shape index (κ3) is 2.50. The van der Waals surface area contributed by atoms with E-state index >= 15 is 0 Å². The molecule has 126 valence electrons. The van der Waals surface area contributed by atoms with Crippen LogP contribution < -0.4 is 5.32 Å². The van der Waals surface area contributed by atoms with Crippen molar-refractivity contribution in [1.29, 1.82) is 0 Å². The Morgan fingerprint density at radius 2 is 1.96 bits per heavy atom. The number of nitrogens with one attached hydrogen (secondary N) is 1. The van der Waals surface area contributed by atoms with Crippen molar-refractivity contribution in [1.82, 2.24) is 15.2 Å². The molecular weight excluding hydrogens is 322 g/mol. The van der Waals surface area contributed by atoms with Gasteiger partial charge in [0.1, 0.15) is 12.3 Å². The Morgan fingerprint density at radius 1 is 1.16 bits per heavy atom. The van der Waals surface area contributed by atoms with Crippen molar-refractivity contribution in [3.63, 3.8) is 0 Å². The first-order chi connectivity index (χ1) is 12.1. The summed E-state index contributed by atoms with van der Waals surface area (Å²) in [6.45, 7) is 1.56. The van der Waals surface area contributed by atoms with Crippen LogP contribution in [0.15, 0.2) is 63.8 Å². The van der Waals surface area contributed by atoms with Crippen LogP contribution >= 0.6 is 0 Å². The van der Waals surface area contributed by atoms with E-state index in [4.69, 9.17) is 8.83 Å². The largest absolute Gasteiger partial charge is 0.466 e. The van der Waals surface area contributed by atoms with E-state index in [1.54, 1.807) is 25.3 Å². The molecule has 1 N–H and O–H groups in total. The molecule has 1 aliphatic heterocycles. The minimum atomic E-state index is -1.23. The first-order valence-electron chi connectivity index (χ1n) is 7.76. The summed E-state index contributed by atoms with van der Waals surface area (Å²) < 4.78 is 11.0. The number of oxazole rings is 1. The van der Waals surface area contributed by atoms with Crippen molar-refractivity contribution >= 4 is 11.9 Å². The topological polar surface area (TPSA) is 88.6 Å². The normalized spacial score (nSPS) is 20.1. The van der Waals surface area contributed by atoms with Crippen LogP contribution in [0.2, 0.25) is 0 Å². The highest BCUT2D eigenvalue weighted by atomic mass is 16.4. The fraction of sp³-hybridized carbons (Fsp3) is 0.167. The maximum absolute atomic E-state index is 12.7. The van der Waals surface area contributed by atoms with Gasteiger partial charge in [0.25, 0.3) is 5.91 Å². The molecule has 0 aliphatic carbocycles. The van der Waals surface area contributed by atoms with Crippen molar-refractivity contribution in [2.75, 3.05) is 0 Å². The number of carbonyl (C=O) groups excluding carboxylic acids is 2. The van der Waals surface area contributed by atoms with Gasteiger partial charge in [-0.2, -0.15) is 0 Å². The number of hydrogen-bond acceptors (Lipinski definition) is 5. The van der Waals surface area contributed by atoms with E-state index in [0.29, 0.717) is 11.5 Å². The van der Waals surface area contributed by atoms with Gasteiger partial charge in [0.15, 0.2) is 11.3 Å². The molecule has 0 unspecified atom stereocenters. The molecule has 7 nitrogen and oxygen atoms in total. The number of carbonyl (C=O) groups is 2. The number of amides is 3. The van der Waals surface area contributed by atoms with Gasteiger partial charge < -0.3 is 14.2 Å². The Balaban J connectivity index is 1.56. The zero-order valence-corrected chi connectivity index (χ0v) is 13.4. The Morgan fingerprint density at radius 3 is 2.68 bits per heavy atom. The lowest BCUT2D eigenvalue weighted by Crippen LogP contribution is -2.40. The lowest BCUT2D eigenvalue weighted by molar-refractivity contribution is -0.132. The Kier molecular flexibility index (Phi) is 3.42. The average Bonchev–Trinajstić information content (AvgIpc) is 3.34. The predicted octanol–water partition coefficient (Wildman–Crippen LogP) is 2.90. The third-order valence-corrected chi connectivity index (χ3v) is 4.19. The molecule has 1 atom stereocenters. The second-order valence-corrected chi connectivity index (χ2v) is 5.91. The van der Waals surface area contributed by atoms with E-state index in [0.717, 1.165) is 10.5 Å². The van der Waals surface area contributed by atoms with Crippen molar-refractivity contribution in [2.45, 2.75) is 19.0 Å². The number of rotatable bonds is 4. The van der Waals surface area contributed by atoms with Gasteiger partial charge in [0.05, 0.1) is 12.5 Å². The molecular formula is C18H15N3O4. The van der Waals surface area contributed by atoms with Gasteiger partial charge in [0.2, 0.25) is 5.89 Å². The molecule has 1 aliphatic rings. The summed E-state index contributed by atoms with van der Waals surface area (Å²) in [6, 6.07) is 12.3. The number of imide groups is 1. The van der Waals surface area contributed by atoms with E-state index in [9.17, 15) is 9.59 Å². The zero-order valence-electron chi connectivity index (χ0n) is 13.4. The van der Waals surface area contributed by atoms with Crippen molar-refractivity contribution in [2.24, 2.45) is 0 Å². The summed E-state index contributed by atoms with van der Waals surface area (Å²) in [4.78, 5) is 30.2. The van der Waals surface area contributed by atoms with Gasteiger partial charge in [-0.1, -0.05) is 30.3 Å². The Labute approximate surface area is 143 Å². The van der Waals surface area contributed by atoms with Crippen LogP contribution in [0.25, 0.3) is 11.3 Å². The van der Waals surface area contributed by atoms with Gasteiger partial charge in [-0.25, -0.2) is 9.78 Å². The van der Waals surface area contributed by atoms with Crippen LogP contribution in [0, 0.1) is 0 Å². The number of hydrogen-bond donors (Lipinski definition) is 1. The molecule has 0 spiro atoms. The van der Waals surface area contributed by atoms with Crippen LogP contribution in [0.5, 0.6) is 0 Å². The maximum atomic E-state index is 12.7. The summed E-state index contributed by atoms with van der Waals surface area (Å²) in [7, 11) is 0. The second kappa shape index (κ2) is 5.62. The number of urea groups is 1. The van der Waals surface area contributed by atoms with Crippen molar-refractivity contribution in [3.05, 3.63) is 66.6 Å². The van der Waals surface area contributed by atoms with E-state index in [-0.39, 0.29) is 12.4 Å². The average molecular weight is 337 g/mol. The van der Waals surface area contributed by atoms with Gasteiger partial charge in [0, 0.05) is 5.56 Å². The van der Waals surface area contributed by atoms with Crippen LogP contribution in [0.4, 0.5) is 4.79 Å². The first kappa shape index (κ1) is 15.2. The highest BCUT2D eigenvalue weighted by Gasteiger charge is 2.51. The van der Waals surface area contributed by atoms with E-state index in [2.05, 4.69) is 10.3 Å². The number of aromatic nitrogens is 1. The SMILES string of the molecule is C[C@@]1(c2ccco2)NC(=O)N(Cc2ncc(-c3ccccc3)o2)C1=O. The molecule has 0 saturated carbocycles. The maximum Gasteiger partial charge on any atom is 0.325 e. The van der Waals surface area contributed by atoms with Crippen LogP contribution in [-0.4, -0.2) is 21.8 Å². The Bertz CT molecular complexity index is 917. The fourth-order valence-electron chi connectivity index (χ4n) is 2.83. The molecule has 4 rings (SSSR count). The summed E-state index contributed by atoms with van der Waals surface area (Å²) in [5, 5.41) is 2.67. The van der Waals surface area contributed by atoms with Crippen LogP contribution in [-0.2, 0) is 16.9 Å². The summed E-state index contributed by atoms with van der Waals surface area (Å²) >= 11 is 0. The highest BCUT2D eigenvalue weighted by molar-refractivity contribution is 6.06. The molecule has 1 saturated heterocycles. The monoisotopic (exact) mass is 337 g/mol. The van der Waals surface area contributed by atoms with Crippen molar-refractivity contribution in [3.8, 4) is 11.3 Å². The quantitative estimate of drug-likeness (QED) is 0.740. The standard InChI is InChI=1S/C18H15N3O4/c1-18(14-8-5-9-24-14)16(22)21(17(23)20-18)11-15-19-10-13(25-15)12-6-3-2-4-7-12/h2-10H,11H2,1H3,(H,20,23)/t18-/m0/s1. The smallest absolute Gasteiger partial charge is 0.325 e. The molecule has 2 aromatic heterocycles. The van der Waals surface area contributed by atoms with E-state index in [1.165, 1.54) is 6.26 Å². The number of furan rings is 1. The summed E-state index contributed by atoms with van der Waals surface area (Å²) in [5.74, 6) is 0.833. The van der Waals surface area contributed by atoms with Gasteiger partial charge in [-0.05, 0) is 19.1 Å². The minimum absolute atomic E-state index is 0.0478. The molecule has 3 amide bonds. The minimum Gasteiger partial charge on any atom is -0.466 e. The molecule has 0 radical (unpaired) electrons. The predicted molar refractivity (Wildman–Crippen MR) is 87.1 cm³/mol. The first-order valence-corrected chi connectivity index (χ1v) is 7.76. The summed E-state index contributed by atoms with van der Waals surface area (Å²) in [6.07, 6.45) is 3.04. The van der Waals surface area contributed by atoms with Crippen LogP contribution in [0.1, 0.15) is 18.6 Å². The second-order valence-electron chi connectivity index (χ2n) is 5.91. The third-order valence-electron chi connectivity index (χ3n) is 4.19. The van der Waals surface area contributed by atoms with Gasteiger partial charge >= 0.3 is 6.03 Å². The van der Waals surface area contributed by atoms with Crippen LogP contribution in [0.3, 0.4) is 0 Å². The molecule has 3 aromatic rings. The number of nitrogens with zero attached hydrogens (tertiary/aromatic N) is 2. The Hall–Kier alpha value is -3.35.